The van der Waals surface area contributed by atoms with Gasteiger partial charge in [0.25, 0.3) is 0 Å². The molecule has 0 rings (SSSR count). The van der Waals surface area contributed by atoms with Crippen LogP contribution in [0.1, 0.15) is 0 Å². The number of nitrogens with zero attached hydrogens (tertiary/aromatic N) is 3. The van der Waals surface area contributed by atoms with Gasteiger partial charge >= 0.3 is 0 Å². The minimum Gasteiger partial charge on any atom is -0.306 e. The minimum absolute atomic E-state index is 0.457. The summed E-state index contributed by atoms with van der Waals surface area (Å²) >= 11 is 0. The number of azide groups is 1. The summed E-state index contributed by atoms with van der Waals surface area (Å²) in [6.45, 7) is 1.63. The molecule has 0 atom stereocenters. The monoisotopic (exact) mass is 124 g/mol. The second kappa shape index (κ2) is 6.83. The Kier molecular flexibility index (Phi) is 5.94. The van der Waals surface area contributed by atoms with Crippen molar-refractivity contribution >= 4 is 0 Å². The molecule has 4 heteroatoms. The molecule has 0 aliphatic heterocycles. The first-order valence-electron chi connectivity index (χ1n) is 2.57. The molecule has 0 aromatic rings. The highest BCUT2D eigenvalue weighted by Crippen LogP contribution is 1.66. The molecule has 0 aliphatic carbocycles. The fourth-order valence-electron chi connectivity index (χ4n) is 0.334. The van der Waals surface area contributed by atoms with Crippen LogP contribution in [0, 0.1) is 12.3 Å². The largest absolute Gasteiger partial charge is 0.306 e. The van der Waals surface area contributed by atoms with E-state index in [2.05, 4.69) is 21.3 Å². The van der Waals surface area contributed by atoms with E-state index in [0.717, 1.165) is 0 Å². The van der Waals surface area contributed by atoms with Gasteiger partial charge in [-0.1, -0.05) is 11.0 Å². The molecule has 0 aromatic heterocycles. The highest BCUT2D eigenvalue weighted by atomic mass is 15.1. The van der Waals surface area contributed by atoms with Crippen molar-refractivity contribution in [3.8, 4) is 12.3 Å². The van der Waals surface area contributed by atoms with Gasteiger partial charge in [0, 0.05) is 18.0 Å². The molecule has 0 spiro atoms. The third-order valence-electron chi connectivity index (χ3n) is 0.679. The third kappa shape index (κ3) is 6.83. The maximum atomic E-state index is 7.81. The van der Waals surface area contributed by atoms with Crippen molar-refractivity contribution in [1.82, 2.24) is 5.32 Å². The smallest absolute Gasteiger partial charge is 0.0573 e. The molecule has 0 heterocycles. The molecule has 0 aliphatic rings. The van der Waals surface area contributed by atoms with Crippen molar-refractivity contribution in [2.45, 2.75) is 0 Å². The summed E-state index contributed by atoms with van der Waals surface area (Å²) < 4.78 is 0. The summed E-state index contributed by atoms with van der Waals surface area (Å²) in [5, 5.41) is 6.16. The van der Waals surface area contributed by atoms with Crippen molar-refractivity contribution in [3.63, 3.8) is 0 Å². The number of nitrogens with one attached hydrogen (secondary N) is 1. The molecular formula is C5H8N4. The number of rotatable bonds is 4. The van der Waals surface area contributed by atoms with E-state index in [-0.39, 0.29) is 0 Å². The zero-order valence-corrected chi connectivity index (χ0v) is 5.04. The van der Waals surface area contributed by atoms with Gasteiger partial charge in [-0.25, -0.2) is 0 Å². The van der Waals surface area contributed by atoms with Crippen molar-refractivity contribution < 1.29 is 0 Å². The molecule has 0 saturated carbocycles. The second-order valence-corrected chi connectivity index (χ2v) is 1.34. The number of hydrogen-bond donors (Lipinski definition) is 1. The van der Waals surface area contributed by atoms with Gasteiger partial charge in [-0.15, -0.1) is 6.42 Å². The molecule has 0 aromatic carbocycles. The molecule has 4 nitrogen and oxygen atoms in total. The van der Waals surface area contributed by atoms with E-state index in [9.17, 15) is 0 Å². The molecule has 0 fully saturated rings. The quantitative estimate of drug-likeness (QED) is 0.192. The predicted molar refractivity (Wildman–Crippen MR) is 35.7 cm³/mol. The highest BCUT2D eigenvalue weighted by Gasteiger charge is 1.78. The minimum atomic E-state index is 0.457. The van der Waals surface area contributed by atoms with E-state index in [1.165, 1.54) is 0 Å². The maximum absolute atomic E-state index is 7.81. The number of hydrogen-bond acceptors (Lipinski definition) is 2. The number of terminal acetylenes is 1. The van der Waals surface area contributed by atoms with Crippen molar-refractivity contribution in [3.05, 3.63) is 10.4 Å². The van der Waals surface area contributed by atoms with E-state index in [1.54, 1.807) is 0 Å². The zero-order valence-electron chi connectivity index (χ0n) is 5.04. The molecule has 0 unspecified atom stereocenters. The van der Waals surface area contributed by atoms with Gasteiger partial charge in [-0.2, -0.15) is 0 Å². The van der Waals surface area contributed by atoms with E-state index < -0.39 is 0 Å². The Morgan fingerprint density at radius 3 is 3.11 bits per heavy atom. The van der Waals surface area contributed by atoms with Crippen LogP contribution in [0.25, 0.3) is 10.4 Å². The van der Waals surface area contributed by atoms with Gasteiger partial charge in [0.1, 0.15) is 0 Å². The summed E-state index contributed by atoms with van der Waals surface area (Å²) in [6.07, 6.45) is 4.93. The third-order valence-corrected chi connectivity index (χ3v) is 0.679. The van der Waals surface area contributed by atoms with Crippen LogP contribution in [0.3, 0.4) is 0 Å². The van der Waals surface area contributed by atoms with Crippen LogP contribution >= 0.6 is 0 Å². The first-order chi connectivity index (χ1) is 4.41. The topological polar surface area (TPSA) is 60.8 Å². The lowest BCUT2D eigenvalue weighted by Gasteiger charge is -1.91. The summed E-state index contributed by atoms with van der Waals surface area (Å²) in [4.78, 5) is 2.57. The first-order valence-corrected chi connectivity index (χ1v) is 2.57. The average molecular weight is 124 g/mol. The van der Waals surface area contributed by atoms with Gasteiger partial charge in [0.2, 0.25) is 0 Å². The Balaban J connectivity index is 2.93. The lowest BCUT2D eigenvalue weighted by molar-refractivity contribution is 0.760. The SMILES string of the molecule is C#CCNCCN=[N+]=[N-]. The Bertz CT molecular complexity index is 140. The second-order valence-electron chi connectivity index (χ2n) is 1.34. The molecule has 9 heavy (non-hydrogen) atoms. The predicted octanol–water partition coefficient (Wildman–Crippen LogP) is 0.519. The lowest BCUT2D eigenvalue weighted by atomic mass is 10.6. The molecule has 48 valence electrons. The van der Waals surface area contributed by atoms with E-state index in [4.69, 9.17) is 12.0 Å². The van der Waals surface area contributed by atoms with Gasteiger partial charge in [0.05, 0.1) is 6.54 Å². The van der Waals surface area contributed by atoms with Crippen LogP contribution < -0.4 is 5.32 Å². The average Bonchev–Trinajstić information content (AvgIpc) is 1.89. The first kappa shape index (κ1) is 7.83. The molecular weight excluding hydrogens is 116 g/mol. The van der Waals surface area contributed by atoms with Crippen molar-refractivity contribution in [2.75, 3.05) is 19.6 Å². The summed E-state index contributed by atoms with van der Waals surface area (Å²) in [7, 11) is 0. The van der Waals surface area contributed by atoms with Gasteiger partial charge in [-0.05, 0) is 5.53 Å². The van der Waals surface area contributed by atoms with Crippen LogP contribution in [0.15, 0.2) is 5.11 Å². The Morgan fingerprint density at radius 1 is 1.78 bits per heavy atom. The molecule has 0 amide bonds. The molecule has 0 saturated heterocycles. The van der Waals surface area contributed by atoms with Crippen LogP contribution in [-0.2, 0) is 0 Å². The molecule has 0 radical (unpaired) electrons. The van der Waals surface area contributed by atoms with E-state index in [0.29, 0.717) is 19.6 Å². The summed E-state index contributed by atoms with van der Waals surface area (Å²) in [6, 6.07) is 0. The Morgan fingerprint density at radius 2 is 2.56 bits per heavy atom. The maximum Gasteiger partial charge on any atom is 0.0573 e. The van der Waals surface area contributed by atoms with Crippen LogP contribution in [0.4, 0.5) is 0 Å². The summed E-state index contributed by atoms with van der Waals surface area (Å²) in [5.41, 5.74) is 7.81. The van der Waals surface area contributed by atoms with Crippen LogP contribution in [-0.4, -0.2) is 19.6 Å². The Hall–Kier alpha value is -1.17. The fraction of sp³-hybridized carbons (Fsp3) is 0.600. The van der Waals surface area contributed by atoms with Crippen LogP contribution in [0.5, 0.6) is 0 Å². The van der Waals surface area contributed by atoms with E-state index >= 15 is 0 Å². The van der Waals surface area contributed by atoms with Gasteiger partial charge in [-0.3, -0.25) is 0 Å². The van der Waals surface area contributed by atoms with Gasteiger partial charge < -0.3 is 5.32 Å². The van der Waals surface area contributed by atoms with Crippen LogP contribution in [0.2, 0.25) is 0 Å². The highest BCUT2D eigenvalue weighted by molar-refractivity contribution is 4.86. The lowest BCUT2D eigenvalue weighted by Crippen LogP contribution is -2.16. The summed E-state index contributed by atoms with van der Waals surface area (Å²) in [5.74, 6) is 2.40. The Labute approximate surface area is 53.9 Å². The van der Waals surface area contributed by atoms with Crippen molar-refractivity contribution in [1.29, 1.82) is 0 Å². The normalized spacial score (nSPS) is 7.44. The van der Waals surface area contributed by atoms with E-state index in [1.807, 2.05) is 0 Å². The van der Waals surface area contributed by atoms with Crippen molar-refractivity contribution in [2.24, 2.45) is 5.11 Å². The van der Waals surface area contributed by atoms with Gasteiger partial charge in [0.15, 0.2) is 0 Å². The molecule has 1 N–H and O–H groups in total. The fourth-order valence-corrected chi connectivity index (χ4v) is 0.334. The zero-order chi connectivity index (χ0) is 6.95. The molecule has 0 bridgehead atoms. The standard InChI is InChI=1S/C5H8N4/c1-2-3-7-4-5-8-9-6/h1,7H,3-5H2.